The molecule has 0 amide bonds. The van der Waals surface area contributed by atoms with Gasteiger partial charge in [0.05, 0.1) is 16.6 Å². The van der Waals surface area contributed by atoms with Crippen LogP contribution in [0.2, 0.25) is 0 Å². The highest BCUT2D eigenvalue weighted by molar-refractivity contribution is 5.85. The van der Waals surface area contributed by atoms with Gasteiger partial charge in [-0.05, 0) is 28.5 Å². The van der Waals surface area contributed by atoms with Gasteiger partial charge in [-0.1, -0.05) is 42.5 Å². The summed E-state index contributed by atoms with van der Waals surface area (Å²) in [4.78, 5) is 15.4. The molecular weight excluding hydrogens is 352 g/mol. The molecule has 3 aromatic rings. The number of benzene rings is 3. The second-order valence-corrected chi connectivity index (χ2v) is 6.97. The average molecular weight is 372 g/mol. The Hall–Kier alpha value is -3.43. The Bertz CT molecular complexity index is 1060. The highest BCUT2D eigenvalue weighted by atomic mass is 16.6. The van der Waals surface area contributed by atoms with Gasteiger partial charge in [-0.25, -0.2) is 0 Å². The number of nitro groups is 1. The van der Waals surface area contributed by atoms with Gasteiger partial charge in [0.1, 0.15) is 5.69 Å². The molecule has 4 rings (SSSR count). The predicted octanol–water partition coefficient (Wildman–Crippen LogP) is 3.94. The first-order chi connectivity index (χ1) is 13.7. The standard InChI is InChI=1S/C22H20N4O2/c23-15-17-8-9-21(22(14-17)26(27)28)25-12-10-24(11-13-25)16-19-6-3-5-18-4-1-2-7-20(18)19/h1-9,14H,10-13,16H2. The number of hydrogen-bond acceptors (Lipinski definition) is 5. The Balaban J connectivity index is 1.48. The lowest BCUT2D eigenvalue weighted by atomic mass is 10.0. The minimum absolute atomic E-state index is 0.00144. The summed E-state index contributed by atoms with van der Waals surface area (Å²) in [5, 5.41) is 22.9. The first-order valence-corrected chi connectivity index (χ1v) is 9.28. The van der Waals surface area contributed by atoms with Gasteiger partial charge in [0.15, 0.2) is 0 Å². The van der Waals surface area contributed by atoms with E-state index in [2.05, 4.69) is 47.4 Å². The molecule has 0 saturated carbocycles. The molecule has 28 heavy (non-hydrogen) atoms. The molecule has 1 fully saturated rings. The fourth-order valence-electron chi connectivity index (χ4n) is 3.82. The van der Waals surface area contributed by atoms with Crippen LogP contribution < -0.4 is 4.90 Å². The predicted molar refractivity (Wildman–Crippen MR) is 109 cm³/mol. The number of fused-ring (bicyclic) bond motifs is 1. The van der Waals surface area contributed by atoms with Gasteiger partial charge in [-0.2, -0.15) is 5.26 Å². The van der Waals surface area contributed by atoms with Crippen molar-refractivity contribution in [1.29, 1.82) is 5.26 Å². The zero-order valence-electron chi connectivity index (χ0n) is 15.4. The Morgan fingerprint density at radius 1 is 1.00 bits per heavy atom. The second kappa shape index (κ2) is 7.67. The lowest BCUT2D eigenvalue weighted by Crippen LogP contribution is -2.46. The Kier molecular flexibility index (Phi) is 4.92. The number of nitro benzene ring substituents is 1. The van der Waals surface area contributed by atoms with Gasteiger partial charge in [0, 0.05) is 38.8 Å². The van der Waals surface area contributed by atoms with Crippen LogP contribution in [-0.2, 0) is 6.54 Å². The van der Waals surface area contributed by atoms with Crippen LogP contribution in [0.25, 0.3) is 10.8 Å². The van der Waals surface area contributed by atoms with Gasteiger partial charge in [0.25, 0.3) is 5.69 Å². The SMILES string of the molecule is N#Cc1ccc(N2CCN(Cc3cccc4ccccc34)CC2)c([N+](=O)[O-])c1. The number of rotatable bonds is 4. The van der Waals surface area contributed by atoms with E-state index in [9.17, 15) is 10.1 Å². The van der Waals surface area contributed by atoms with Crippen LogP contribution in [0.5, 0.6) is 0 Å². The van der Waals surface area contributed by atoms with Gasteiger partial charge in [-0.3, -0.25) is 15.0 Å². The fraction of sp³-hybridized carbons (Fsp3) is 0.227. The minimum Gasteiger partial charge on any atom is -0.363 e. The number of nitriles is 1. The summed E-state index contributed by atoms with van der Waals surface area (Å²) < 4.78 is 0. The molecule has 0 aromatic heterocycles. The summed E-state index contributed by atoms with van der Waals surface area (Å²) in [6, 6.07) is 21.4. The lowest BCUT2D eigenvalue weighted by Gasteiger charge is -2.36. The van der Waals surface area contributed by atoms with Gasteiger partial charge in [0.2, 0.25) is 0 Å². The highest BCUT2D eigenvalue weighted by Gasteiger charge is 2.24. The summed E-state index contributed by atoms with van der Waals surface area (Å²) in [5.74, 6) is 0. The van der Waals surface area contributed by atoms with Crippen molar-refractivity contribution < 1.29 is 4.92 Å². The lowest BCUT2D eigenvalue weighted by molar-refractivity contribution is -0.384. The van der Waals surface area contributed by atoms with Crippen LogP contribution in [-0.4, -0.2) is 36.0 Å². The molecular formula is C22H20N4O2. The van der Waals surface area contributed by atoms with E-state index in [-0.39, 0.29) is 5.69 Å². The van der Waals surface area contributed by atoms with E-state index in [4.69, 9.17) is 5.26 Å². The maximum absolute atomic E-state index is 11.4. The van der Waals surface area contributed by atoms with Crippen molar-refractivity contribution >= 4 is 22.1 Å². The molecule has 1 aliphatic heterocycles. The monoisotopic (exact) mass is 372 g/mol. The Morgan fingerprint density at radius 2 is 1.75 bits per heavy atom. The van der Waals surface area contributed by atoms with Crippen LogP contribution >= 0.6 is 0 Å². The summed E-state index contributed by atoms with van der Waals surface area (Å²) >= 11 is 0. The molecule has 6 nitrogen and oxygen atoms in total. The first-order valence-electron chi connectivity index (χ1n) is 9.28. The molecule has 1 saturated heterocycles. The van der Waals surface area contributed by atoms with Crippen LogP contribution in [0.3, 0.4) is 0 Å². The first kappa shape index (κ1) is 18.0. The Labute approximate surface area is 163 Å². The van der Waals surface area contributed by atoms with Gasteiger partial charge < -0.3 is 4.90 Å². The zero-order chi connectivity index (χ0) is 19.5. The van der Waals surface area contributed by atoms with Crippen molar-refractivity contribution in [1.82, 2.24) is 4.90 Å². The van der Waals surface area contributed by atoms with Crippen molar-refractivity contribution in [3.05, 3.63) is 81.9 Å². The van der Waals surface area contributed by atoms with Crippen LogP contribution in [0, 0.1) is 21.4 Å². The van der Waals surface area contributed by atoms with Gasteiger partial charge >= 0.3 is 0 Å². The van der Waals surface area contributed by atoms with Crippen LogP contribution in [0.15, 0.2) is 60.7 Å². The van der Waals surface area contributed by atoms with E-state index in [1.165, 1.54) is 22.4 Å². The quantitative estimate of drug-likeness (QED) is 0.512. The van der Waals surface area contributed by atoms with Crippen molar-refractivity contribution in [3.8, 4) is 6.07 Å². The molecule has 140 valence electrons. The van der Waals surface area contributed by atoms with E-state index in [1.54, 1.807) is 12.1 Å². The van der Waals surface area contributed by atoms with E-state index in [0.717, 1.165) is 32.7 Å². The van der Waals surface area contributed by atoms with E-state index >= 15 is 0 Å². The average Bonchev–Trinajstić information content (AvgIpc) is 2.74. The van der Waals surface area contributed by atoms with Crippen molar-refractivity contribution in [2.45, 2.75) is 6.54 Å². The molecule has 0 atom stereocenters. The van der Waals surface area contributed by atoms with Crippen LogP contribution in [0.4, 0.5) is 11.4 Å². The summed E-state index contributed by atoms with van der Waals surface area (Å²) in [7, 11) is 0. The van der Waals surface area contributed by atoms with E-state index in [1.807, 2.05) is 11.0 Å². The second-order valence-electron chi connectivity index (χ2n) is 6.97. The highest BCUT2D eigenvalue weighted by Crippen LogP contribution is 2.30. The maximum atomic E-state index is 11.4. The molecule has 0 N–H and O–H groups in total. The third-order valence-electron chi connectivity index (χ3n) is 5.29. The molecule has 0 spiro atoms. The zero-order valence-corrected chi connectivity index (χ0v) is 15.4. The normalized spacial score (nSPS) is 14.8. The molecule has 3 aromatic carbocycles. The smallest absolute Gasteiger partial charge is 0.293 e. The summed E-state index contributed by atoms with van der Waals surface area (Å²) in [5.41, 5.74) is 2.20. The molecule has 6 heteroatoms. The molecule has 0 unspecified atom stereocenters. The van der Waals surface area contributed by atoms with E-state index in [0.29, 0.717) is 11.3 Å². The Morgan fingerprint density at radius 3 is 2.50 bits per heavy atom. The third-order valence-corrected chi connectivity index (χ3v) is 5.29. The van der Waals surface area contributed by atoms with Crippen molar-refractivity contribution in [2.24, 2.45) is 0 Å². The molecule has 1 heterocycles. The van der Waals surface area contributed by atoms with E-state index < -0.39 is 4.92 Å². The van der Waals surface area contributed by atoms with Crippen LogP contribution in [0.1, 0.15) is 11.1 Å². The number of hydrogen-bond donors (Lipinski definition) is 0. The minimum atomic E-state index is -0.404. The maximum Gasteiger partial charge on any atom is 0.293 e. The van der Waals surface area contributed by atoms with Crippen molar-refractivity contribution in [2.75, 3.05) is 31.1 Å². The summed E-state index contributed by atoms with van der Waals surface area (Å²) in [6.07, 6.45) is 0. The topological polar surface area (TPSA) is 73.4 Å². The largest absolute Gasteiger partial charge is 0.363 e. The van der Waals surface area contributed by atoms with Crippen molar-refractivity contribution in [3.63, 3.8) is 0 Å². The number of anilines is 1. The molecule has 0 bridgehead atoms. The number of piperazine rings is 1. The summed E-state index contributed by atoms with van der Waals surface area (Å²) in [6.45, 7) is 3.97. The third kappa shape index (κ3) is 3.53. The fourth-order valence-corrected chi connectivity index (χ4v) is 3.82. The van der Waals surface area contributed by atoms with Gasteiger partial charge in [-0.15, -0.1) is 0 Å². The molecule has 0 radical (unpaired) electrons. The number of nitrogens with zero attached hydrogens (tertiary/aromatic N) is 4. The molecule has 0 aliphatic carbocycles. The molecule has 1 aliphatic rings.